The molecule has 1 heterocycles. The molecule has 1 rings (SSSR count). The number of aromatic nitrogens is 1. The Balaban J connectivity index is 2.81. The highest BCUT2D eigenvalue weighted by Gasteiger charge is 2.23. The maximum atomic E-state index is 12.2. The van der Waals surface area contributed by atoms with Crippen LogP contribution in [0.3, 0.4) is 0 Å². The lowest BCUT2D eigenvalue weighted by atomic mass is 10.4. The van der Waals surface area contributed by atoms with Crippen molar-refractivity contribution in [3.05, 3.63) is 24.5 Å². The lowest BCUT2D eigenvalue weighted by Gasteiger charge is -2.14. The van der Waals surface area contributed by atoms with Gasteiger partial charge in [0.25, 0.3) is 0 Å². The van der Waals surface area contributed by atoms with Crippen LogP contribution in [0.5, 0.6) is 0 Å². The summed E-state index contributed by atoms with van der Waals surface area (Å²) in [5.41, 5.74) is 1.04. The van der Waals surface area contributed by atoms with Gasteiger partial charge in [0.05, 0.1) is 11.8 Å². The number of anilines is 1. The first kappa shape index (κ1) is 15.1. The number of nitrogens with zero attached hydrogens (tertiary/aromatic N) is 3. The van der Waals surface area contributed by atoms with Gasteiger partial charge in [0.2, 0.25) is 0 Å². The standard InChI is InChI=1S/C12H18Cl2N3O/c1-15(2)11-3-7-16(8-4-11)12(18)17(9-5-13)10-6-14/h3-4,7-8H,5-6,9-10H2,1-2H3/q+1. The van der Waals surface area contributed by atoms with E-state index in [1.807, 2.05) is 31.1 Å². The van der Waals surface area contributed by atoms with E-state index in [9.17, 15) is 4.79 Å². The van der Waals surface area contributed by atoms with Crippen molar-refractivity contribution in [2.45, 2.75) is 0 Å². The number of alkyl halides is 2. The number of rotatable bonds is 5. The van der Waals surface area contributed by atoms with Crippen LogP contribution in [-0.4, -0.2) is 49.9 Å². The minimum atomic E-state index is -0.110. The van der Waals surface area contributed by atoms with Crippen LogP contribution in [0.2, 0.25) is 0 Å². The molecule has 0 fully saturated rings. The molecular weight excluding hydrogens is 273 g/mol. The second kappa shape index (κ2) is 7.44. The highest BCUT2D eigenvalue weighted by atomic mass is 35.5. The van der Waals surface area contributed by atoms with Gasteiger partial charge in [-0.1, -0.05) is 0 Å². The predicted molar refractivity (Wildman–Crippen MR) is 74.8 cm³/mol. The van der Waals surface area contributed by atoms with Gasteiger partial charge in [0.15, 0.2) is 0 Å². The third-order valence-corrected chi connectivity index (χ3v) is 2.87. The molecule has 0 atom stereocenters. The van der Waals surface area contributed by atoms with E-state index in [-0.39, 0.29) is 6.03 Å². The highest BCUT2D eigenvalue weighted by molar-refractivity contribution is 6.18. The second-order valence-corrected chi connectivity index (χ2v) is 4.76. The van der Waals surface area contributed by atoms with Gasteiger partial charge in [-0.2, -0.15) is 9.36 Å². The van der Waals surface area contributed by atoms with Crippen molar-refractivity contribution in [3.8, 4) is 0 Å². The zero-order chi connectivity index (χ0) is 13.5. The number of carbonyl (C=O) groups excluding carboxylic acids is 1. The monoisotopic (exact) mass is 290 g/mol. The van der Waals surface area contributed by atoms with Gasteiger partial charge in [-0.3, -0.25) is 0 Å². The summed E-state index contributed by atoms with van der Waals surface area (Å²) in [5.74, 6) is 0.804. The van der Waals surface area contributed by atoms with Crippen LogP contribution < -0.4 is 9.47 Å². The Labute approximate surface area is 118 Å². The van der Waals surface area contributed by atoms with Gasteiger partial charge in [-0.25, -0.2) is 4.90 Å². The van der Waals surface area contributed by atoms with E-state index in [2.05, 4.69) is 0 Å². The molecule has 18 heavy (non-hydrogen) atoms. The average Bonchev–Trinajstić information content (AvgIpc) is 2.38. The van der Waals surface area contributed by atoms with Crippen molar-refractivity contribution in [1.29, 1.82) is 0 Å². The van der Waals surface area contributed by atoms with Crippen molar-refractivity contribution in [1.82, 2.24) is 4.90 Å². The Morgan fingerprint density at radius 3 is 2.06 bits per heavy atom. The SMILES string of the molecule is CN(C)c1cc[n+](C(=O)N(CCCl)CCCl)cc1. The molecule has 0 saturated heterocycles. The van der Waals surface area contributed by atoms with Gasteiger partial charge in [0.1, 0.15) is 25.5 Å². The minimum absolute atomic E-state index is 0.110. The normalized spacial score (nSPS) is 10.2. The summed E-state index contributed by atoms with van der Waals surface area (Å²) < 4.78 is 1.53. The molecule has 0 N–H and O–H groups in total. The van der Waals surface area contributed by atoms with Gasteiger partial charge < -0.3 is 4.90 Å². The van der Waals surface area contributed by atoms with Crippen LogP contribution in [0.25, 0.3) is 0 Å². The number of hydrogen-bond acceptors (Lipinski definition) is 2. The first-order valence-corrected chi connectivity index (χ1v) is 6.77. The Morgan fingerprint density at radius 1 is 1.17 bits per heavy atom. The van der Waals surface area contributed by atoms with Gasteiger partial charge >= 0.3 is 6.03 Å². The minimum Gasteiger partial charge on any atom is -0.377 e. The average molecular weight is 291 g/mol. The van der Waals surface area contributed by atoms with Gasteiger partial charge in [-0.15, -0.1) is 23.2 Å². The van der Waals surface area contributed by atoms with Crippen LogP contribution in [0.15, 0.2) is 24.5 Å². The topological polar surface area (TPSA) is 27.4 Å². The maximum Gasteiger partial charge on any atom is 0.497 e. The first-order chi connectivity index (χ1) is 8.60. The van der Waals surface area contributed by atoms with E-state index in [0.717, 1.165) is 5.69 Å². The predicted octanol–water partition coefficient (Wildman–Crippen LogP) is 1.79. The zero-order valence-electron chi connectivity index (χ0n) is 10.6. The summed E-state index contributed by atoms with van der Waals surface area (Å²) in [7, 11) is 3.91. The van der Waals surface area contributed by atoms with E-state index < -0.39 is 0 Å². The lowest BCUT2D eigenvalue weighted by molar-refractivity contribution is -0.578. The summed E-state index contributed by atoms with van der Waals surface area (Å²) in [4.78, 5) is 15.8. The van der Waals surface area contributed by atoms with E-state index in [1.165, 1.54) is 4.57 Å². The van der Waals surface area contributed by atoms with Gasteiger partial charge in [0, 0.05) is 31.9 Å². The summed E-state index contributed by atoms with van der Waals surface area (Å²) in [6.45, 7) is 0.991. The molecule has 0 aliphatic rings. The number of hydrogen-bond donors (Lipinski definition) is 0. The van der Waals surface area contributed by atoms with Crippen LogP contribution in [0.4, 0.5) is 10.5 Å². The second-order valence-electron chi connectivity index (χ2n) is 4.01. The molecule has 0 bridgehead atoms. The third-order valence-electron chi connectivity index (χ3n) is 2.53. The van der Waals surface area contributed by atoms with E-state index in [1.54, 1.807) is 17.3 Å². The summed E-state index contributed by atoms with van der Waals surface area (Å²) >= 11 is 11.4. The molecule has 0 aliphatic carbocycles. The smallest absolute Gasteiger partial charge is 0.377 e. The molecule has 1 amide bonds. The van der Waals surface area contributed by atoms with Crippen molar-refractivity contribution in [2.75, 3.05) is 43.8 Å². The number of carbonyl (C=O) groups is 1. The first-order valence-electron chi connectivity index (χ1n) is 5.70. The van der Waals surface area contributed by atoms with Crippen LogP contribution in [-0.2, 0) is 0 Å². The Hall–Kier alpha value is -1.00. The fourth-order valence-electron chi connectivity index (χ4n) is 1.51. The summed E-state index contributed by atoms with van der Waals surface area (Å²) in [5, 5.41) is 0. The van der Waals surface area contributed by atoms with Crippen molar-refractivity contribution >= 4 is 34.9 Å². The van der Waals surface area contributed by atoms with Crippen molar-refractivity contribution in [3.63, 3.8) is 0 Å². The maximum absolute atomic E-state index is 12.2. The molecule has 1 aromatic heterocycles. The summed E-state index contributed by atoms with van der Waals surface area (Å²) in [6.07, 6.45) is 3.49. The molecule has 100 valence electrons. The zero-order valence-corrected chi connectivity index (χ0v) is 12.2. The molecule has 6 heteroatoms. The largest absolute Gasteiger partial charge is 0.497 e. The molecule has 1 aromatic rings. The van der Waals surface area contributed by atoms with Gasteiger partial charge in [-0.05, 0) is 0 Å². The fraction of sp³-hybridized carbons (Fsp3) is 0.500. The molecule has 0 unspecified atom stereocenters. The van der Waals surface area contributed by atoms with Crippen LogP contribution in [0, 0.1) is 0 Å². The molecule has 0 radical (unpaired) electrons. The van der Waals surface area contributed by atoms with Crippen molar-refractivity contribution < 1.29 is 9.36 Å². The Bertz CT molecular complexity index is 375. The molecule has 0 saturated carbocycles. The van der Waals surface area contributed by atoms with E-state index >= 15 is 0 Å². The third kappa shape index (κ3) is 4.03. The van der Waals surface area contributed by atoms with E-state index in [4.69, 9.17) is 23.2 Å². The number of amides is 1. The van der Waals surface area contributed by atoms with Crippen LogP contribution >= 0.6 is 23.2 Å². The quantitative estimate of drug-likeness (QED) is 0.611. The molecule has 0 spiro atoms. The fourth-order valence-corrected chi connectivity index (χ4v) is 1.92. The Kier molecular flexibility index (Phi) is 6.22. The molecule has 4 nitrogen and oxygen atoms in total. The lowest BCUT2D eigenvalue weighted by Crippen LogP contribution is -2.53. The molecule has 0 aliphatic heterocycles. The molecular formula is C12H18Cl2N3O+. The Morgan fingerprint density at radius 2 is 1.67 bits per heavy atom. The van der Waals surface area contributed by atoms with E-state index in [0.29, 0.717) is 24.8 Å². The van der Waals surface area contributed by atoms with Crippen molar-refractivity contribution in [2.24, 2.45) is 0 Å². The summed E-state index contributed by atoms with van der Waals surface area (Å²) in [6, 6.07) is 3.66. The highest BCUT2D eigenvalue weighted by Crippen LogP contribution is 2.06. The number of halogens is 2. The number of pyridine rings is 1. The van der Waals surface area contributed by atoms with Crippen LogP contribution in [0.1, 0.15) is 0 Å². The molecule has 0 aromatic carbocycles.